The molecule has 0 aliphatic carbocycles. The molecule has 0 amide bonds. The van der Waals surface area contributed by atoms with Crippen LogP contribution in [0.5, 0.6) is 0 Å². The lowest BCUT2D eigenvalue weighted by atomic mass is 9.87. The smallest absolute Gasteiger partial charge is 0.244 e. The first-order valence-electron chi connectivity index (χ1n) is 10.6. The molecule has 0 spiro atoms. The lowest BCUT2D eigenvalue weighted by Gasteiger charge is -2.24. The number of halogens is 1. The van der Waals surface area contributed by atoms with E-state index in [1.807, 2.05) is 12.1 Å². The third-order valence-corrected chi connectivity index (χ3v) is 8.77. The maximum Gasteiger partial charge on any atom is 0.244 e. The quantitative estimate of drug-likeness (QED) is 0.573. The van der Waals surface area contributed by atoms with E-state index in [1.54, 1.807) is 28.6 Å². The van der Waals surface area contributed by atoms with Crippen LogP contribution in [0.4, 0.5) is 0 Å². The number of sulfonamides is 1. The molecule has 2 atom stereocenters. The molecule has 2 aliphatic heterocycles. The van der Waals surface area contributed by atoms with E-state index in [9.17, 15) is 8.42 Å². The van der Waals surface area contributed by atoms with Crippen LogP contribution in [-0.2, 0) is 23.1 Å². The minimum atomic E-state index is -3.69. The molecular formula is C25H25ClN2O2S. The fourth-order valence-electron chi connectivity index (χ4n) is 5.00. The zero-order chi connectivity index (χ0) is 21.4. The van der Waals surface area contributed by atoms with Gasteiger partial charge in [0.05, 0.1) is 5.02 Å². The van der Waals surface area contributed by atoms with Gasteiger partial charge >= 0.3 is 0 Å². The van der Waals surface area contributed by atoms with E-state index in [1.165, 1.54) is 11.1 Å². The number of benzene rings is 3. The zero-order valence-electron chi connectivity index (χ0n) is 17.2. The van der Waals surface area contributed by atoms with Gasteiger partial charge in [-0.2, -0.15) is 4.31 Å². The molecule has 5 rings (SSSR count). The molecule has 0 bridgehead atoms. The molecule has 0 N–H and O–H groups in total. The fraction of sp³-hybridized carbons (Fsp3) is 0.280. The number of nitrogens with zero attached hydrogens (tertiary/aromatic N) is 2. The molecule has 0 saturated carbocycles. The molecule has 3 aromatic rings. The summed E-state index contributed by atoms with van der Waals surface area (Å²) in [6.45, 7) is 3.58. The average molecular weight is 453 g/mol. The van der Waals surface area contributed by atoms with E-state index in [-0.39, 0.29) is 15.8 Å². The van der Waals surface area contributed by atoms with Crippen molar-refractivity contribution < 1.29 is 8.42 Å². The van der Waals surface area contributed by atoms with Crippen LogP contribution in [0.1, 0.15) is 22.6 Å². The van der Waals surface area contributed by atoms with Crippen molar-refractivity contribution in [3.63, 3.8) is 0 Å². The first kappa shape index (κ1) is 20.7. The predicted molar refractivity (Wildman–Crippen MR) is 123 cm³/mol. The van der Waals surface area contributed by atoms with Crippen molar-refractivity contribution in [2.75, 3.05) is 19.6 Å². The van der Waals surface area contributed by atoms with Crippen LogP contribution >= 0.6 is 11.6 Å². The first-order chi connectivity index (χ1) is 15.0. The maximum absolute atomic E-state index is 13.6. The van der Waals surface area contributed by atoms with Gasteiger partial charge in [-0.15, -0.1) is 0 Å². The summed E-state index contributed by atoms with van der Waals surface area (Å²) >= 11 is 6.28. The highest BCUT2D eigenvalue weighted by Crippen LogP contribution is 2.40. The molecule has 31 heavy (non-hydrogen) atoms. The molecule has 0 aromatic heterocycles. The summed E-state index contributed by atoms with van der Waals surface area (Å²) in [5.41, 5.74) is 3.65. The molecular weight excluding hydrogens is 428 g/mol. The van der Waals surface area contributed by atoms with E-state index in [0.717, 1.165) is 25.2 Å². The molecule has 0 unspecified atom stereocenters. The Bertz CT molecular complexity index is 1180. The lowest BCUT2D eigenvalue weighted by Crippen LogP contribution is -2.35. The Morgan fingerprint density at radius 1 is 0.839 bits per heavy atom. The summed E-state index contributed by atoms with van der Waals surface area (Å²) in [5.74, 6) is 0.566. The van der Waals surface area contributed by atoms with Gasteiger partial charge in [0.25, 0.3) is 0 Å². The third-order valence-electron chi connectivity index (χ3n) is 6.46. The van der Waals surface area contributed by atoms with Gasteiger partial charge in [-0.3, -0.25) is 4.90 Å². The predicted octanol–water partition coefficient (Wildman–Crippen LogP) is 4.76. The summed E-state index contributed by atoms with van der Waals surface area (Å²) in [5, 5.41) is 0.272. The van der Waals surface area contributed by atoms with E-state index in [0.29, 0.717) is 19.0 Å². The van der Waals surface area contributed by atoms with Crippen molar-refractivity contribution in [1.82, 2.24) is 9.21 Å². The Balaban J connectivity index is 1.48. The fourth-order valence-corrected chi connectivity index (χ4v) is 6.97. The van der Waals surface area contributed by atoms with Crippen molar-refractivity contribution in [3.05, 3.63) is 101 Å². The Morgan fingerprint density at radius 3 is 2.35 bits per heavy atom. The van der Waals surface area contributed by atoms with Gasteiger partial charge in [-0.1, -0.05) is 78.3 Å². The molecule has 2 aliphatic rings. The second-order valence-corrected chi connectivity index (χ2v) is 10.8. The second kappa shape index (κ2) is 8.40. The van der Waals surface area contributed by atoms with Crippen LogP contribution in [-0.4, -0.2) is 37.3 Å². The Morgan fingerprint density at radius 2 is 1.55 bits per heavy atom. The molecule has 3 aromatic carbocycles. The SMILES string of the molecule is O=S(=O)(c1ccccc1Cl)N1Cc2ccccc2[C@@H]2CN(Cc3ccccc3)C[C@H]2C1. The highest BCUT2D eigenvalue weighted by Gasteiger charge is 2.41. The molecule has 2 heterocycles. The van der Waals surface area contributed by atoms with Crippen molar-refractivity contribution >= 4 is 21.6 Å². The second-order valence-electron chi connectivity index (χ2n) is 8.47. The monoisotopic (exact) mass is 452 g/mol. The number of fused-ring (bicyclic) bond motifs is 3. The third kappa shape index (κ3) is 4.03. The Hall–Kier alpha value is -2.18. The standard InChI is InChI=1S/C25H25ClN2O2S/c26-24-12-6-7-13-25(24)31(29,30)28-16-20-10-4-5-11-22(20)23-18-27(15-21(23)17-28)14-19-8-2-1-3-9-19/h1-13,21,23H,14-18H2/t21-,23+/m0/s1. The van der Waals surface area contributed by atoms with Crippen molar-refractivity contribution in [2.24, 2.45) is 5.92 Å². The van der Waals surface area contributed by atoms with Crippen LogP contribution in [0, 0.1) is 5.92 Å². The zero-order valence-corrected chi connectivity index (χ0v) is 18.8. The number of rotatable bonds is 4. The van der Waals surface area contributed by atoms with Gasteiger partial charge in [-0.05, 0) is 34.7 Å². The Kier molecular flexibility index (Phi) is 5.61. The molecule has 4 nitrogen and oxygen atoms in total. The van der Waals surface area contributed by atoms with Gasteiger partial charge in [-0.25, -0.2) is 8.42 Å². The van der Waals surface area contributed by atoms with Crippen LogP contribution in [0.15, 0.2) is 83.8 Å². The van der Waals surface area contributed by atoms with E-state index < -0.39 is 10.0 Å². The highest BCUT2D eigenvalue weighted by molar-refractivity contribution is 7.89. The molecule has 6 heteroatoms. The van der Waals surface area contributed by atoms with Crippen molar-refractivity contribution in [1.29, 1.82) is 0 Å². The number of likely N-dealkylation sites (tertiary alicyclic amines) is 1. The summed E-state index contributed by atoms with van der Waals surface area (Å²) in [6, 6.07) is 25.5. The van der Waals surface area contributed by atoms with Crippen molar-refractivity contribution in [3.8, 4) is 0 Å². The lowest BCUT2D eigenvalue weighted by molar-refractivity contribution is 0.293. The minimum absolute atomic E-state index is 0.187. The maximum atomic E-state index is 13.6. The highest BCUT2D eigenvalue weighted by atomic mass is 35.5. The first-order valence-corrected chi connectivity index (χ1v) is 12.4. The minimum Gasteiger partial charge on any atom is -0.298 e. The van der Waals surface area contributed by atoms with E-state index in [4.69, 9.17) is 11.6 Å². The number of hydrogen-bond acceptors (Lipinski definition) is 3. The summed E-state index contributed by atoms with van der Waals surface area (Å²) in [4.78, 5) is 2.64. The normalized spacial score (nSPS) is 22.0. The van der Waals surface area contributed by atoms with Gasteiger partial charge in [0.15, 0.2) is 0 Å². The van der Waals surface area contributed by atoms with Gasteiger partial charge in [0.2, 0.25) is 10.0 Å². The van der Waals surface area contributed by atoms with Crippen LogP contribution < -0.4 is 0 Å². The average Bonchev–Trinajstić information content (AvgIpc) is 3.09. The molecule has 1 saturated heterocycles. The summed E-state index contributed by atoms with van der Waals surface area (Å²) in [7, 11) is -3.69. The Labute approximate surface area is 189 Å². The van der Waals surface area contributed by atoms with Gasteiger partial charge in [0, 0.05) is 38.6 Å². The summed E-state index contributed by atoms with van der Waals surface area (Å²) in [6.07, 6.45) is 0. The van der Waals surface area contributed by atoms with Crippen LogP contribution in [0.2, 0.25) is 5.02 Å². The molecule has 0 radical (unpaired) electrons. The van der Waals surface area contributed by atoms with E-state index >= 15 is 0 Å². The summed E-state index contributed by atoms with van der Waals surface area (Å²) < 4.78 is 28.7. The van der Waals surface area contributed by atoms with Gasteiger partial charge < -0.3 is 0 Å². The van der Waals surface area contributed by atoms with Gasteiger partial charge in [0.1, 0.15) is 4.90 Å². The molecule has 160 valence electrons. The van der Waals surface area contributed by atoms with E-state index in [2.05, 4.69) is 47.4 Å². The van der Waals surface area contributed by atoms with Crippen LogP contribution in [0.25, 0.3) is 0 Å². The topological polar surface area (TPSA) is 40.6 Å². The van der Waals surface area contributed by atoms with Crippen LogP contribution in [0.3, 0.4) is 0 Å². The number of hydrogen-bond donors (Lipinski definition) is 0. The largest absolute Gasteiger partial charge is 0.298 e. The molecule has 1 fully saturated rings. The van der Waals surface area contributed by atoms with Crippen molar-refractivity contribution in [2.45, 2.75) is 23.9 Å².